The highest BCUT2D eigenvalue weighted by Gasteiger charge is 2.23. The molecule has 176 valence electrons. The Morgan fingerprint density at radius 2 is 1.97 bits per heavy atom. The van der Waals surface area contributed by atoms with Gasteiger partial charge in [-0.05, 0) is 68.9 Å². The van der Waals surface area contributed by atoms with Gasteiger partial charge in [0.15, 0.2) is 10.9 Å². The lowest BCUT2D eigenvalue weighted by molar-refractivity contribution is 0.0993. The number of hydrogen-bond donors (Lipinski definition) is 0. The van der Waals surface area contributed by atoms with Crippen LogP contribution in [0, 0.1) is 0 Å². The SMILES string of the molecule is CCOCCCn1c(=O)c2ccccc2n2c(SC(C)C(=O)c3ccc4c(c3)CCC4)nnc12. The summed E-state index contributed by atoms with van der Waals surface area (Å²) in [6.45, 7) is 5.56. The predicted molar refractivity (Wildman–Crippen MR) is 134 cm³/mol. The van der Waals surface area contributed by atoms with Crippen LogP contribution in [0.4, 0.5) is 0 Å². The molecular weight excluding hydrogens is 448 g/mol. The second-order valence-electron chi connectivity index (χ2n) is 8.60. The van der Waals surface area contributed by atoms with Crippen LogP contribution in [0.2, 0.25) is 0 Å². The molecule has 7 nitrogen and oxygen atoms in total. The van der Waals surface area contributed by atoms with Gasteiger partial charge < -0.3 is 4.74 Å². The minimum absolute atomic E-state index is 0.0748. The van der Waals surface area contributed by atoms with E-state index in [-0.39, 0.29) is 16.6 Å². The number of para-hydroxylation sites is 1. The zero-order chi connectivity index (χ0) is 23.7. The molecule has 0 amide bonds. The predicted octanol–water partition coefficient (Wildman–Crippen LogP) is 4.32. The number of Topliss-reactive ketones (excluding diaryl/α,β-unsaturated/α-hetero) is 1. The minimum atomic E-state index is -0.344. The van der Waals surface area contributed by atoms with Gasteiger partial charge in [-0.1, -0.05) is 36.0 Å². The Balaban J connectivity index is 1.49. The highest BCUT2D eigenvalue weighted by Crippen LogP contribution is 2.29. The minimum Gasteiger partial charge on any atom is -0.382 e. The fraction of sp³-hybridized carbons (Fsp3) is 0.385. The maximum Gasteiger partial charge on any atom is 0.262 e. The van der Waals surface area contributed by atoms with E-state index >= 15 is 0 Å². The zero-order valence-electron chi connectivity index (χ0n) is 19.5. The summed E-state index contributed by atoms with van der Waals surface area (Å²) < 4.78 is 9.00. The third kappa shape index (κ3) is 4.16. The van der Waals surface area contributed by atoms with Gasteiger partial charge in [0, 0.05) is 25.3 Å². The molecule has 5 rings (SSSR count). The van der Waals surface area contributed by atoms with Crippen molar-refractivity contribution in [2.75, 3.05) is 13.2 Å². The first-order valence-electron chi connectivity index (χ1n) is 11.9. The number of fused-ring (bicyclic) bond motifs is 4. The number of carbonyl (C=O) groups excluding carboxylic acids is 1. The molecular formula is C26H28N4O3S. The van der Waals surface area contributed by atoms with Crippen LogP contribution in [-0.2, 0) is 24.1 Å². The number of carbonyl (C=O) groups is 1. The number of rotatable bonds is 9. The van der Waals surface area contributed by atoms with Crippen LogP contribution in [0.25, 0.3) is 16.7 Å². The van der Waals surface area contributed by atoms with Crippen molar-refractivity contribution in [1.82, 2.24) is 19.2 Å². The van der Waals surface area contributed by atoms with Gasteiger partial charge in [-0.3, -0.25) is 18.6 Å². The van der Waals surface area contributed by atoms with E-state index in [1.165, 1.54) is 22.9 Å². The van der Waals surface area contributed by atoms with E-state index in [4.69, 9.17) is 4.74 Å². The number of benzene rings is 2. The maximum atomic E-state index is 13.2. The van der Waals surface area contributed by atoms with E-state index < -0.39 is 0 Å². The maximum absolute atomic E-state index is 13.2. The van der Waals surface area contributed by atoms with Crippen LogP contribution < -0.4 is 5.56 Å². The first-order valence-corrected chi connectivity index (χ1v) is 12.7. The van der Waals surface area contributed by atoms with Crippen molar-refractivity contribution in [3.63, 3.8) is 0 Å². The zero-order valence-corrected chi connectivity index (χ0v) is 20.3. The summed E-state index contributed by atoms with van der Waals surface area (Å²) in [5.74, 6) is 0.561. The standard InChI is InChI=1S/C26H28N4O3S/c1-3-33-15-7-14-29-24(32)21-10-4-5-11-22(21)30-25(29)27-28-26(30)34-17(2)23(31)20-13-12-18-8-6-9-19(18)16-20/h4-5,10-13,16-17H,3,6-9,14-15H2,1-2H3. The molecule has 0 N–H and O–H groups in total. The van der Waals surface area contributed by atoms with Crippen LogP contribution in [0.5, 0.6) is 0 Å². The Bertz CT molecular complexity index is 1430. The van der Waals surface area contributed by atoms with Crippen molar-refractivity contribution in [1.29, 1.82) is 0 Å². The third-order valence-electron chi connectivity index (χ3n) is 6.39. The second kappa shape index (κ2) is 9.72. The van der Waals surface area contributed by atoms with Crippen LogP contribution in [-0.4, -0.2) is 43.4 Å². The molecule has 2 aromatic carbocycles. The summed E-state index contributed by atoms with van der Waals surface area (Å²) in [6, 6.07) is 13.6. The second-order valence-corrected chi connectivity index (χ2v) is 9.91. The van der Waals surface area contributed by atoms with Crippen LogP contribution >= 0.6 is 11.8 Å². The molecule has 4 aromatic rings. The fourth-order valence-corrected chi connectivity index (χ4v) is 5.58. The number of thioether (sulfide) groups is 1. The van der Waals surface area contributed by atoms with Crippen LogP contribution in [0.15, 0.2) is 52.4 Å². The summed E-state index contributed by atoms with van der Waals surface area (Å²) in [7, 11) is 0. The van der Waals surface area contributed by atoms with E-state index in [2.05, 4.69) is 22.3 Å². The van der Waals surface area contributed by atoms with E-state index in [1.807, 2.05) is 48.6 Å². The topological polar surface area (TPSA) is 78.5 Å². The number of aromatic nitrogens is 4. The largest absolute Gasteiger partial charge is 0.382 e. The van der Waals surface area contributed by atoms with Crippen LogP contribution in [0.1, 0.15) is 48.2 Å². The molecule has 1 unspecified atom stereocenters. The molecule has 0 fully saturated rings. The summed E-state index contributed by atoms with van der Waals surface area (Å²) in [4.78, 5) is 26.5. The van der Waals surface area contributed by atoms with Gasteiger partial charge in [-0.15, -0.1) is 10.2 Å². The van der Waals surface area contributed by atoms with Crippen LogP contribution in [0.3, 0.4) is 0 Å². The molecule has 1 aliphatic rings. The van der Waals surface area contributed by atoms with Gasteiger partial charge in [0.05, 0.1) is 16.2 Å². The summed E-state index contributed by atoms with van der Waals surface area (Å²) >= 11 is 1.38. The molecule has 0 saturated carbocycles. The molecule has 34 heavy (non-hydrogen) atoms. The van der Waals surface area contributed by atoms with Crippen molar-refractivity contribution in [2.45, 2.75) is 56.5 Å². The molecule has 8 heteroatoms. The number of hydrogen-bond acceptors (Lipinski definition) is 6. The molecule has 2 aromatic heterocycles. The quantitative estimate of drug-likeness (QED) is 0.203. The molecule has 0 radical (unpaired) electrons. The molecule has 1 aliphatic carbocycles. The van der Waals surface area contributed by atoms with Crippen molar-refractivity contribution in [2.24, 2.45) is 0 Å². The lowest BCUT2D eigenvalue weighted by Gasteiger charge is -2.13. The summed E-state index contributed by atoms with van der Waals surface area (Å²) in [6.07, 6.45) is 3.99. The lowest BCUT2D eigenvalue weighted by atomic mass is 10.0. The normalized spacial score (nSPS) is 14.1. The van der Waals surface area contributed by atoms with Gasteiger partial charge in [-0.2, -0.15) is 0 Å². The van der Waals surface area contributed by atoms with E-state index in [0.29, 0.717) is 42.5 Å². The van der Waals surface area contributed by atoms with Gasteiger partial charge >= 0.3 is 0 Å². The number of ketones is 1. The molecule has 1 atom stereocenters. The average molecular weight is 477 g/mol. The number of aryl methyl sites for hydroxylation is 3. The van der Waals surface area contributed by atoms with E-state index in [9.17, 15) is 9.59 Å². The van der Waals surface area contributed by atoms with E-state index in [0.717, 1.165) is 30.3 Å². The average Bonchev–Trinajstić information content (AvgIpc) is 3.50. The number of ether oxygens (including phenoxy) is 1. The van der Waals surface area contributed by atoms with Gasteiger partial charge in [0.2, 0.25) is 5.78 Å². The Morgan fingerprint density at radius 1 is 1.15 bits per heavy atom. The molecule has 0 spiro atoms. The summed E-state index contributed by atoms with van der Waals surface area (Å²) in [5, 5.41) is 9.62. The van der Waals surface area contributed by atoms with E-state index in [1.54, 1.807) is 4.57 Å². The first kappa shape index (κ1) is 22.8. The fourth-order valence-electron chi connectivity index (χ4n) is 4.65. The lowest BCUT2D eigenvalue weighted by Crippen LogP contribution is -2.24. The Kier molecular flexibility index (Phi) is 6.52. The first-order chi connectivity index (χ1) is 16.6. The molecule has 0 aliphatic heterocycles. The molecule has 0 bridgehead atoms. The number of nitrogens with zero attached hydrogens (tertiary/aromatic N) is 4. The van der Waals surface area contributed by atoms with Crippen molar-refractivity contribution in [3.05, 3.63) is 69.5 Å². The van der Waals surface area contributed by atoms with Gasteiger partial charge in [0.25, 0.3) is 5.56 Å². The summed E-state index contributed by atoms with van der Waals surface area (Å²) in [5.41, 5.74) is 4.04. The Morgan fingerprint density at radius 3 is 2.82 bits per heavy atom. The van der Waals surface area contributed by atoms with Gasteiger partial charge in [-0.25, -0.2) is 0 Å². The highest BCUT2D eigenvalue weighted by atomic mass is 32.2. The molecule has 0 saturated heterocycles. The van der Waals surface area contributed by atoms with Crippen molar-refractivity contribution in [3.8, 4) is 0 Å². The van der Waals surface area contributed by atoms with Crippen molar-refractivity contribution < 1.29 is 9.53 Å². The highest BCUT2D eigenvalue weighted by molar-refractivity contribution is 8.00. The smallest absolute Gasteiger partial charge is 0.262 e. The monoisotopic (exact) mass is 476 g/mol. The van der Waals surface area contributed by atoms with Crippen molar-refractivity contribution >= 4 is 34.2 Å². The third-order valence-corrected chi connectivity index (χ3v) is 7.43. The Hall–Kier alpha value is -2.97. The Labute approximate surface area is 202 Å². The molecule has 2 heterocycles. The van der Waals surface area contributed by atoms with Gasteiger partial charge in [0.1, 0.15) is 0 Å².